The van der Waals surface area contributed by atoms with Crippen LogP contribution in [0.25, 0.3) is 0 Å². The van der Waals surface area contributed by atoms with Gasteiger partial charge in [-0.05, 0) is 37.0 Å². The first-order chi connectivity index (χ1) is 7.16. The quantitative estimate of drug-likeness (QED) is 0.743. The molecule has 1 fully saturated rings. The predicted octanol–water partition coefficient (Wildman–Crippen LogP) is 3.16. The summed E-state index contributed by atoms with van der Waals surface area (Å²) in [4.78, 5) is 2.38. The van der Waals surface area contributed by atoms with Crippen molar-refractivity contribution in [1.82, 2.24) is 0 Å². The van der Waals surface area contributed by atoms with Crippen LogP contribution in [0.5, 0.6) is 0 Å². The number of rotatable bonds is 1. The molecule has 2 nitrogen and oxygen atoms in total. The van der Waals surface area contributed by atoms with Crippen LogP contribution in [0.1, 0.15) is 19.8 Å². The van der Waals surface area contributed by atoms with Crippen molar-refractivity contribution in [2.75, 3.05) is 23.7 Å². The standard InChI is InChI=1S/C12H17ClN2/c1-9-4-6-15(7-5-9)10-2-3-12(14)11(13)8-10/h2-3,8-9H,4-7,14H2,1H3. The Labute approximate surface area is 96.0 Å². The summed E-state index contributed by atoms with van der Waals surface area (Å²) in [5, 5.41) is 0.658. The first-order valence-corrected chi connectivity index (χ1v) is 5.84. The van der Waals surface area contributed by atoms with Gasteiger partial charge in [0.25, 0.3) is 0 Å². The van der Waals surface area contributed by atoms with Gasteiger partial charge in [0, 0.05) is 18.8 Å². The van der Waals surface area contributed by atoms with E-state index in [2.05, 4.69) is 17.9 Å². The van der Waals surface area contributed by atoms with Gasteiger partial charge in [-0.1, -0.05) is 18.5 Å². The number of nitrogens with zero attached hydrogens (tertiary/aromatic N) is 1. The molecule has 2 N–H and O–H groups in total. The van der Waals surface area contributed by atoms with Crippen LogP contribution in [0.2, 0.25) is 5.02 Å². The fraction of sp³-hybridized carbons (Fsp3) is 0.500. The van der Waals surface area contributed by atoms with Crippen molar-refractivity contribution < 1.29 is 0 Å². The second-order valence-electron chi connectivity index (χ2n) is 4.38. The number of anilines is 2. The molecule has 1 aliphatic rings. The van der Waals surface area contributed by atoms with Gasteiger partial charge in [-0.3, -0.25) is 0 Å². The normalized spacial score (nSPS) is 18.1. The molecule has 0 saturated carbocycles. The third-order valence-corrected chi connectivity index (χ3v) is 3.46. The van der Waals surface area contributed by atoms with Crippen LogP contribution in [-0.2, 0) is 0 Å². The third kappa shape index (κ3) is 2.37. The maximum absolute atomic E-state index is 6.01. The van der Waals surface area contributed by atoms with Crippen LogP contribution in [0.15, 0.2) is 18.2 Å². The van der Waals surface area contributed by atoms with E-state index in [1.54, 1.807) is 0 Å². The van der Waals surface area contributed by atoms with Crippen LogP contribution in [0.4, 0.5) is 11.4 Å². The van der Waals surface area contributed by atoms with Gasteiger partial charge in [-0.15, -0.1) is 0 Å². The van der Waals surface area contributed by atoms with E-state index in [-0.39, 0.29) is 0 Å². The molecule has 82 valence electrons. The number of hydrogen-bond donors (Lipinski definition) is 1. The lowest BCUT2D eigenvalue weighted by Gasteiger charge is -2.32. The van der Waals surface area contributed by atoms with E-state index < -0.39 is 0 Å². The fourth-order valence-electron chi connectivity index (χ4n) is 1.98. The molecule has 1 aromatic carbocycles. The molecule has 0 spiro atoms. The van der Waals surface area contributed by atoms with Gasteiger partial charge in [0.15, 0.2) is 0 Å². The molecular formula is C12H17ClN2. The van der Waals surface area contributed by atoms with Crippen LogP contribution in [0, 0.1) is 5.92 Å². The minimum absolute atomic E-state index is 0.658. The molecule has 1 heterocycles. The molecule has 0 aliphatic carbocycles. The second kappa shape index (κ2) is 4.31. The van der Waals surface area contributed by atoms with Crippen molar-refractivity contribution in [3.8, 4) is 0 Å². The van der Waals surface area contributed by atoms with Crippen LogP contribution < -0.4 is 10.6 Å². The molecule has 0 amide bonds. The van der Waals surface area contributed by atoms with Crippen molar-refractivity contribution in [1.29, 1.82) is 0 Å². The number of benzene rings is 1. The highest BCUT2D eigenvalue weighted by molar-refractivity contribution is 6.33. The summed E-state index contributed by atoms with van der Waals surface area (Å²) in [6.07, 6.45) is 2.53. The molecule has 0 aromatic heterocycles. The highest BCUT2D eigenvalue weighted by Gasteiger charge is 2.16. The zero-order valence-corrected chi connectivity index (χ0v) is 9.80. The number of halogens is 1. The van der Waals surface area contributed by atoms with Crippen molar-refractivity contribution >= 4 is 23.0 Å². The highest BCUT2D eigenvalue weighted by Crippen LogP contribution is 2.28. The van der Waals surface area contributed by atoms with Gasteiger partial charge in [0.1, 0.15) is 0 Å². The van der Waals surface area contributed by atoms with E-state index in [1.807, 2.05) is 12.1 Å². The SMILES string of the molecule is CC1CCN(c2ccc(N)c(Cl)c2)CC1. The smallest absolute Gasteiger partial charge is 0.0656 e. The van der Waals surface area contributed by atoms with Crippen molar-refractivity contribution in [2.24, 2.45) is 5.92 Å². The molecule has 0 atom stereocenters. The van der Waals surface area contributed by atoms with Gasteiger partial charge in [-0.25, -0.2) is 0 Å². The Bertz CT molecular complexity index is 343. The largest absolute Gasteiger partial charge is 0.398 e. The number of piperidine rings is 1. The molecular weight excluding hydrogens is 208 g/mol. The summed E-state index contributed by atoms with van der Waals surface area (Å²) < 4.78 is 0. The van der Waals surface area contributed by atoms with Gasteiger partial charge in [0.2, 0.25) is 0 Å². The zero-order valence-electron chi connectivity index (χ0n) is 9.04. The second-order valence-corrected chi connectivity index (χ2v) is 4.78. The predicted molar refractivity (Wildman–Crippen MR) is 66.5 cm³/mol. The lowest BCUT2D eigenvalue weighted by atomic mass is 9.99. The Balaban J connectivity index is 2.12. The first-order valence-electron chi connectivity index (χ1n) is 5.47. The van der Waals surface area contributed by atoms with Crippen LogP contribution in [-0.4, -0.2) is 13.1 Å². The third-order valence-electron chi connectivity index (χ3n) is 3.13. The summed E-state index contributed by atoms with van der Waals surface area (Å²) >= 11 is 6.01. The fourth-order valence-corrected chi connectivity index (χ4v) is 2.15. The maximum atomic E-state index is 6.01. The Hall–Kier alpha value is -0.890. The molecule has 1 aliphatic heterocycles. The topological polar surface area (TPSA) is 29.3 Å². The number of nitrogen functional groups attached to an aromatic ring is 1. The first kappa shape index (κ1) is 10.6. The molecule has 3 heteroatoms. The average Bonchev–Trinajstić information content (AvgIpc) is 2.23. The Morgan fingerprint density at radius 2 is 2.00 bits per heavy atom. The van der Waals surface area contributed by atoms with E-state index in [4.69, 9.17) is 17.3 Å². The maximum Gasteiger partial charge on any atom is 0.0656 e. The van der Waals surface area contributed by atoms with E-state index in [0.717, 1.165) is 19.0 Å². The van der Waals surface area contributed by atoms with E-state index in [1.165, 1.54) is 18.5 Å². The van der Waals surface area contributed by atoms with Gasteiger partial charge >= 0.3 is 0 Å². The average molecular weight is 225 g/mol. The molecule has 0 radical (unpaired) electrons. The van der Waals surface area contributed by atoms with Crippen LogP contribution in [0.3, 0.4) is 0 Å². The highest BCUT2D eigenvalue weighted by atomic mass is 35.5. The molecule has 1 saturated heterocycles. The van der Waals surface area contributed by atoms with Crippen molar-refractivity contribution in [3.05, 3.63) is 23.2 Å². The molecule has 2 rings (SSSR count). The summed E-state index contributed by atoms with van der Waals surface area (Å²) in [5.74, 6) is 0.852. The van der Waals surface area contributed by atoms with Crippen molar-refractivity contribution in [3.63, 3.8) is 0 Å². The summed E-state index contributed by atoms with van der Waals surface area (Å²) in [5.41, 5.74) is 7.54. The van der Waals surface area contributed by atoms with Gasteiger partial charge in [-0.2, -0.15) is 0 Å². The monoisotopic (exact) mass is 224 g/mol. The lowest BCUT2D eigenvalue weighted by molar-refractivity contribution is 0.438. The minimum atomic E-state index is 0.658. The Morgan fingerprint density at radius 3 is 2.60 bits per heavy atom. The summed E-state index contributed by atoms with van der Waals surface area (Å²) in [6, 6.07) is 5.90. The van der Waals surface area contributed by atoms with E-state index in [9.17, 15) is 0 Å². The number of nitrogens with two attached hydrogens (primary N) is 1. The summed E-state index contributed by atoms with van der Waals surface area (Å²) in [6.45, 7) is 4.57. The van der Waals surface area contributed by atoms with Crippen LogP contribution >= 0.6 is 11.6 Å². The Kier molecular flexibility index (Phi) is 3.06. The minimum Gasteiger partial charge on any atom is -0.398 e. The summed E-state index contributed by atoms with van der Waals surface area (Å²) in [7, 11) is 0. The molecule has 0 bridgehead atoms. The molecule has 0 unspecified atom stereocenters. The zero-order chi connectivity index (χ0) is 10.8. The molecule has 1 aromatic rings. The van der Waals surface area contributed by atoms with E-state index in [0.29, 0.717) is 10.7 Å². The molecule has 15 heavy (non-hydrogen) atoms. The van der Waals surface area contributed by atoms with Crippen molar-refractivity contribution in [2.45, 2.75) is 19.8 Å². The number of hydrogen-bond acceptors (Lipinski definition) is 2. The Morgan fingerprint density at radius 1 is 1.33 bits per heavy atom. The lowest BCUT2D eigenvalue weighted by Crippen LogP contribution is -2.32. The van der Waals surface area contributed by atoms with Gasteiger partial charge < -0.3 is 10.6 Å². The van der Waals surface area contributed by atoms with Gasteiger partial charge in [0.05, 0.1) is 10.7 Å². The van der Waals surface area contributed by atoms with E-state index >= 15 is 0 Å².